The number of ketones is 1. The Bertz CT molecular complexity index is 971. The van der Waals surface area contributed by atoms with E-state index in [2.05, 4.69) is 24.3 Å². The van der Waals surface area contributed by atoms with Gasteiger partial charge in [-0.2, -0.15) is 5.10 Å². The molecular formula is C22H28N4O3. The van der Waals surface area contributed by atoms with Crippen LogP contribution in [0.25, 0.3) is 5.69 Å². The van der Waals surface area contributed by atoms with E-state index in [0.29, 0.717) is 24.2 Å². The molecule has 2 aliphatic rings. The molecule has 1 aromatic carbocycles. The summed E-state index contributed by atoms with van der Waals surface area (Å²) in [6.45, 7) is 7.47. The Morgan fingerprint density at radius 3 is 2.86 bits per heavy atom. The number of primary amides is 1. The average molecular weight is 396 g/mol. The molecule has 2 aromatic rings. The SMILES string of the molecule is Cc1nn(-c2ccc(C(N)=O)c(NCC3CCCO3)c2)c2c1C(=O)CC(C)(C)C2. The summed E-state index contributed by atoms with van der Waals surface area (Å²) in [6.07, 6.45) is 3.49. The number of carbonyl (C=O) groups is 2. The number of nitrogens with one attached hydrogen (secondary N) is 1. The van der Waals surface area contributed by atoms with Crippen molar-refractivity contribution in [1.82, 2.24) is 9.78 Å². The molecule has 1 aromatic heterocycles. The van der Waals surface area contributed by atoms with Gasteiger partial charge in [0.2, 0.25) is 0 Å². The molecule has 1 fully saturated rings. The third-order valence-corrected chi connectivity index (χ3v) is 5.78. The smallest absolute Gasteiger partial charge is 0.250 e. The zero-order valence-electron chi connectivity index (χ0n) is 17.2. The summed E-state index contributed by atoms with van der Waals surface area (Å²) in [7, 11) is 0. The number of fused-ring (bicyclic) bond motifs is 1. The molecule has 29 heavy (non-hydrogen) atoms. The maximum atomic E-state index is 12.7. The maximum absolute atomic E-state index is 12.7. The number of nitrogens with two attached hydrogens (primary N) is 1. The summed E-state index contributed by atoms with van der Waals surface area (Å²) in [5, 5.41) is 7.98. The van der Waals surface area contributed by atoms with Gasteiger partial charge in [-0.1, -0.05) is 13.8 Å². The lowest BCUT2D eigenvalue weighted by atomic mass is 9.75. The van der Waals surface area contributed by atoms with E-state index in [0.717, 1.165) is 48.5 Å². The minimum absolute atomic E-state index is 0.109. The van der Waals surface area contributed by atoms with Crippen LogP contribution in [0.4, 0.5) is 5.69 Å². The van der Waals surface area contributed by atoms with Crippen LogP contribution in [0.1, 0.15) is 65.2 Å². The number of ether oxygens (including phenoxy) is 1. The van der Waals surface area contributed by atoms with Gasteiger partial charge in [-0.05, 0) is 49.8 Å². The highest BCUT2D eigenvalue weighted by Crippen LogP contribution is 2.37. The molecule has 0 spiro atoms. The van der Waals surface area contributed by atoms with E-state index in [-0.39, 0.29) is 17.3 Å². The van der Waals surface area contributed by atoms with E-state index in [1.807, 2.05) is 23.7 Å². The van der Waals surface area contributed by atoms with Gasteiger partial charge < -0.3 is 15.8 Å². The third kappa shape index (κ3) is 3.79. The Hall–Kier alpha value is -2.67. The minimum atomic E-state index is -0.485. The molecule has 7 nitrogen and oxygen atoms in total. The van der Waals surface area contributed by atoms with Crippen molar-refractivity contribution >= 4 is 17.4 Å². The third-order valence-electron chi connectivity index (χ3n) is 5.78. The quantitative estimate of drug-likeness (QED) is 0.809. The first-order chi connectivity index (χ1) is 13.7. The van der Waals surface area contributed by atoms with Crippen LogP contribution in [0.15, 0.2) is 18.2 Å². The molecule has 2 heterocycles. The summed E-state index contributed by atoms with van der Waals surface area (Å²) >= 11 is 0. The van der Waals surface area contributed by atoms with Crippen molar-refractivity contribution in [3.05, 3.63) is 40.7 Å². The van der Waals surface area contributed by atoms with Gasteiger partial charge >= 0.3 is 0 Å². The Morgan fingerprint density at radius 2 is 2.17 bits per heavy atom. The molecule has 1 amide bonds. The minimum Gasteiger partial charge on any atom is -0.382 e. The van der Waals surface area contributed by atoms with Crippen LogP contribution in [0, 0.1) is 12.3 Å². The molecule has 1 saturated heterocycles. The highest BCUT2D eigenvalue weighted by atomic mass is 16.5. The van der Waals surface area contributed by atoms with Gasteiger partial charge in [0, 0.05) is 25.3 Å². The van der Waals surface area contributed by atoms with Crippen LogP contribution in [0.2, 0.25) is 0 Å². The molecule has 0 bridgehead atoms. The molecular weight excluding hydrogens is 368 g/mol. The summed E-state index contributed by atoms with van der Waals surface area (Å²) in [6, 6.07) is 5.43. The second kappa shape index (κ2) is 7.30. The molecule has 0 radical (unpaired) electrons. The zero-order chi connectivity index (χ0) is 20.8. The monoisotopic (exact) mass is 396 g/mol. The first kappa shape index (κ1) is 19.6. The fourth-order valence-corrected chi connectivity index (χ4v) is 4.41. The lowest BCUT2D eigenvalue weighted by Gasteiger charge is -2.29. The fourth-order valence-electron chi connectivity index (χ4n) is 4.41. The standard InChI is InChI=1S/C22H28N4O3/c1-13-20-18(10-22(2,3)11-19(20)27)26(25-13)14-6-7-16(21(23)28)17(9-14)24-12-15-5-4-8-29-15/h6-7,9,15,24H,4-5,8,10-12H2,1-3H3,(H2,23,28). The van der Waals surface area contributed by atoms with Gasteiger partial charge in [0.25, 0.3) is 5.91 Å². The number of aryl methyl sites for hydroxylation is 1. The number of anilines is 1. The molecule has 7 heteroatoms. The van der Waals surface area contributed by atoms with Gasteiger partial charge in [-0.15, -0.1) is 0 Å². The highest BCUT2D eigenvalue weighted by Gasteiger charge is 2.35. The molecule has 1 aliphatic carbocycles. The number of nitrogens with zero attached hydrogens (tertiary/aromatic N) is 2. The number of amides is 1. The Kier molecular flexibility index (Phi) is 4.94. The lowest BCUT2D eigenvalue weighted by Crippen LogP contribution is -2.28. The van der Waals surface area contributed by atoms with Crippen molar-refractivity contribution in [3.63, 3.8) is 0 Å². The number of aromatic nitrogens is 2. The fraction of sp³-hybridized carbons (Fsp3) is 0.500. The number of benzene rings is 1. The largest absolute Gasteiger partial charge is 0.382 e. The van der Waals surface area contributed by atoms with Gasteiger partial charge in [0.15, 0.2) is 5.78 Å². The van der Waals surface area contributed by atoms with Crippen LogP contribution >= 0.6 is 0 Å². The van der Waals surface area contributed by atoms with Crippen molar-refractivity contribution < 1.29 is 14.3 Å². The van der Waals surface area contributed by atoms with Crippen LogP contribution in [-0.2, 0) is 11.2 Å². The van der Waals surface area contributed by atoms with Gasteiger partial charge in [-0.25, -0.2) is 4.68 Å². The van der Waals surface area contributed by atoms with Gasteiger partial charge in [0.1, 0.15) is 0 Å². The van der Waals surface area contributed by atoms with Crippen molar-refractivity contribution in [3.8, 4) is 5.69 Å². The molecule has 4 rings (SSSR count). The first-order valence-electron chi connectivity index (χ1n) is 10.2. The summed E-state index contributed by atoms with van der Waals surface area (Å²) in [4.78, 5) is 24.6. The van der Waals surface area contributed by atoms with E-state index in [1.54, 1.807) is 6.07 Å². The van der Waals surface area contributed by atoms with Gasteiger partial charge in [-0.3, -0.25) is 9.59 Å². The van der Waals surface area contributed by atoms with E-state index in [4.69, 9.17) is 10.5 Å². The summed E-state index contributed by atoms with van der Waals surface area (Å²) < 4.78 is 7.51. The molecule has 1 atom stereocenters. The maximum Gasteiger partial charge on any atom is 0.250 e. The average Bonchev–Trinajstić information content (AvgIpc) is 3.26. The zero-order valence-corrected chi connectivity index (χ0v) is 17.2. The molecule has 3 N–H and O–H groups in total. The summed E-state index contributed by atoms with van der Waals surface area (Å²) in [5.74, 6) is -0.341. The van der Waals surface area contributed by atoms with Crippen LogP contribution in [-0.4, -0.2) is 40.7 Å². The topological polar surface area (TPSA) is 99.2 Å². The number of hydrogen-bond acceptors (Lipinski definition) is 5. The van der Waals surface area contributed by atoms with Crippen LogP contribution < -0.4 is 11.1 Å². The van der Waals surface area contributed by atoms with Crippen LogP contribution in [0.5, 0.6) is 0 Å². The number of Topliss-reactive ketones (excluding diaryl/α,β-unsaturated/α-hetero) is 1. The van der Waals surface area contributed by atoms with Gasteiger partial charge in [0.05, 0.1) is 34.3 Å². The second-order valence-corrected chi connectivity index (χ2v) is 8.87. The van der Waals surface area contributed by atoms with E-state index in [9.17, 15) is 9.59 Å². The van der Waals surface area contributed by atoms with Crippen molar-refractivity contribution in [2.45, 2.75) is 52.6 Å². The van der Waals surface area contributed by atoms with Crippen molar-refractivity contribution in [2.24, 2.45) is 11.1 Å². The number of carbonyl (C=O) groups excluding carboxylic acids is 2. The van der Waals surface area contributed by atoms with Crippen molar-refractivity contribution in [1.29, 1.82) is 0 Å². The summed E-state index contributed by atoms with van der Waals surface area (Å²) in [5.41, 5.74) is 9.78. The first-order valence-corrected chi connectivity index (χ1v) is 10.2. The molecule has 0 saturated carbocycles. The van der Waals surface area contributed by atoms with E-state index in [1.165, 1.54) is 0 Å². The van der Waals surface area contributed by atoms with E-state index >= 15 is 0 Å². The lowest BCUT2D eigenvalue weighted by molar-refractivity contribution is 0.0909. The van der Waals surface area contributed by atoms with Crippen molar-refractivity contribution in [2.75, 3.05) is 18.5 Å². The number of hydrogen-bond donors (Lipinski definition) is 2. The Morgan fingerprint density at radius 1 is 1.38 bits per heavy atom. The predicted molar refractivity (Wildman–Crippen MR) is 111 cm³/mol. The molecule has 1 unspecified atom stereocenters. The predicted octanol–water partition coefficient (Wildman–Crippen LogP) is 3.03. The Balaban J connectivity index is 1.72. The van der Waals surface area contributed by atoms with Crippen LogP contribution in [0.3, 0.4) is 0 Å². The number of rotatable bonds is 5. The Labute approximate surface area is 170 Å². The molecule has 154 valence electrons. The highest BCUT2D eigenvalue weighted by molar-refractivity contribution is 6.00. The van der Waals surface area contributed by atoms with E-state index < -0.39 is 5.91 Å². The molecule has 1 aliphatic heterocycles. The second-order valence-electron chi connectivity index (χ2n) is 8.87. The normalized spacial score (nSPS) is 20.5.